The quantitative estimate of drug-likeness (QED) is 0.529. The Balaban J connectivity index is 1.90. The topological polar surface area (TPSA) is 57.1 Å². The average molecular weight is 416 g/mol. The van der Waals surface area contributed by atoms with E-state index in [0.717, 1.165) is 15.6 Å². The van der Waals surface area contributed by atoms with Crippen molar-refractivity contribution < 1.29 is 19.0 Å². The summed E-state index contributed by atoms with van der Waals surface area (Å²) in [7, 11) is 1.58. The van der Waals surface area contributed by atoms with Crippen LogP contribution in [0.15, 0.2) is 57.6 Å². The van der Waals surface area contributed by atoms with Gasteiger partial charge in [0.15, 0.2) is 17.2 Å². The van der Waals surface area contributed by atoms with Gasteiger partial charge in [0.25, 0.3) is 0 Å². The molecule has 0 spiro atoms. The van der Waals surface area contributed by atoms with Crippen LogP contribution in [0.4, 0.5) is 0 Å². The van der Waals surface area contributed by atoms with Crippen LogP contribution >= 0.6 is 15.9 Å². The number of nitrogens with zero attached hydrogens (tertiary/aromatic N) is 1. The number of aliphatic imine (C=N–C) groups is 1. The third-order valence-electron chi connectivity index (χ3n) is 3.55. The largest absolute Gasteiger partial charge is 0.493 e. The average Bonchev–Trinajstić information content (AvgIpc) is 2.96. The normalized spacial score (nSPS) is 15.2. The molecule has 0 radical (unpaired) electrons. The molecule has 1 heterocycles. The number of ether oxygens (including phenoxy) is 3. The smallest absolute Gasteiger partial charge is 0.363 e. The molecular weight excluding hydrogens is 398 g/mol. The molecule has 0 saturated carbocycles. The molecule has 3 rings (SSSR count). The monoisotopic (exact) mass is 415 g/mol. The predicted octanol–water partition coefficient (Wildman–Crippen LogP) is 4.59. The second-order valence-corrected chi connectivity index (χ2v) is 6.84. The molecule has 0 bridgehead atoms. The maximum absolute atomic E-state index is 12.1. The van der Waals surface area contributed by atoms with Crippen molar-refractivity contribution in [3.05, 3.63) is 63.8 Å². The summed E-state index contributed by atoms with van der Waals surface area (Å²) in [6.07, 6.45) is 1.70. The molecule has 0 aliphatic carbocycles. The molecule has 1 aliphatic rings. The van der Waals surface area contributed by atoms with Crippen LogP contribution in [0.5, 0.6) is 11.5 Å². The van der Waals surface area contributed by atoms with E-state index in [1.54, 1.807) is 19.3 Å². The molecule has 6 heteroatoms. The molecular formula is C20H18BrNO4. The van der Waals surface area contributed by atoms with E-state index in [4.69, 9.17) is 14.2 Å². The highest BCUT2D eigenvalue weighted by molar-refractivity contribution is 9.10. The van der Waals surface area contributed by atoms with Crippen molar-refractivity contribution in [3.63, 3.8) is 0 Å². The van der Waals surface area contributed by atoms with Crippen molar-refractivity contribution >= 4 is 33.9 Å². The Labute approximate surface area is 160 Å². The van der Waals surface area contributed by atoms with Crippen LogP contribution < -0.4 is 9.47 Å². The van der Waals surface area contributed by atoms with Crippen molar-refractivity contribution in [2.24, 2.45) is 4.99 Å². The van der Waals surface area contributed by atoms with Crippen LogP contribution in [-0.2, 0) is 9.53 Å². The SMILES string of the molecule is COc1cc(/C=C2\N=C(c3cccc(Br)c3)OC2=O)ccc1OC(C)C. The Morgan fingerprint density at radius 2 is 1.96 bits per heavy atom. The van der Waals surface area contributed by atoms with Gasteiger partial charge >= 0.3 is 5.97 Å². The Kier molecular flexibility index (Phi) is 5.42. The molecule has 0 saturated heterocycles. The van der Waals surface area contributed by atoms with Crippen LogP contribution in [0.25, 0.3) is 6.08 Å². The van der Waals surface area contributed by atoms with Gasteiger partial charge in [0, 0.05) is 10.0 Å². The van der Waals surface area contributed by atoms with Crippen molar-refractivity contribution in [1.29, 1.82) is 0 Å². The van der Waals surface area contributed by atoms with Gasteiger partial charge in [0.2, 0.25) is 5.90 Å². The van der Waals surface area contributed by atoms with Crippen molar-refractivity contribution in [3.8, 4) is 11.5 Å². The molecule has 0 unspecified atom stereocenters. The third-order valence-corrected chi connectivity index (χ3v) is 4.04. The minimum atomic E-state index is -0.485. The van der Waals surface area contributed by atoms with Gasteiger partial charge in [0.05, 0.1) is 13.2 Å². The van der Waals surface area contributed by atoms with Gasteiger partial charge < -0.3 is 14.2 Å². The summed E-state index contributed by atoms with van der Waals surface area (Å²) in [6, 6.07) is 12.9. The highest BCUT2D eigenvalue weighted by atomic mass is 79.9. The van der Waals surface area contributed by atoms with Crippen molar-refractivity contribution in [2.45, 2.75) is 20.0 Å². The van der Waals surface area contributed by atoms with Gasteiger partial charge in [-0.3, -0.25) is 0 Å². The Morgan fingerprint density at radius 3 is 2.65 bits per heavy atom. The van der Waals surface area contributed by atoms with Crippen LogP contribution in [0, 0.1) is 0 Å². The lowest BCUT2D eigenvalue weighted by atomic mass is 10.1. The fourth-order valence-corrected chi connectivity index (χ4v) is 2.84. The number of hydrogen-bond donors (Lipinski definition) is 0. The van der Waals surface area contributed by atoms with Crippen molar-refractivity contribution in [2.75, 3.05) is 7.11 Å². The number of rotatable bonds is 5. The summed E-state index contributed by atoms with van der Waals surface area (Å²) in [6.45, 7) is 3.89. The molecule has 26 heavy (non-hydrogen) atoms. The van der Waals surface area contributed by atoms with E-state index in [1.807, 2.05) is 50.2 Å². The molecule has 134 valence electrons. The first-order valence-electron chi connectivity index (χ1n) is 8.09. The second kappa shape index (κ2) is 7.74. The Morgan fingerprint density at radius 1 is 1.15 bits per heavy atom. The highest BCUT2D eigenvalue weighted by Crippen LogP contribution is 2.30. The first-order valence-corrected chi connectivity index (χ1v) is 8.89. The van der Waals surface area contributed by atoms with Crippen LogP contribution in [-0.4, -0.2) is 25.1 Å². The van der Waals surface area contributed by atoms with Crippen molar-refractivity contribution in [1.82, 2.24) is 0 Å². The minimum absolute atomic E-state index is 0.0373. The van der Waals surface area contributed by atoms with E-state index < -0.39 is 5.97 Å². The fraction of sp³-hybridized carbons (Fsp3) is 0.200. The molecule has 5 nitrogen and oxygen atoms in total. The summed E-state index contributed by atoms with van der Waals surface area (Å²) in [5.74, 6) is 1.04. The van der Waals surface area contributed by atoms with E-state index in [2.05, 4.69) is 20.9 Å². The summed E-state index contributed by atoms with van der Waals surface area (Å²) < 4.78 is 17.2. The highest BCUT2D eigenvalue weighted by Gasteiger charge is 2.24. The predicted molar refractivity (Wildman–Crippen MR) is 104 cm³/mol. The zero-order chi connectivity index (χ0) is 18.7. The summed E-state index contributed by atoms with van der Waals surface area (Å²) in [4.78, 5) is 16.5. The zero-order valence-electron chi connectivity index (χ0n) is 14.7. The van der Waals surface area contributed by atoms with Gasteiger partial charge in [-0.15, -0.1) is 0 Å². The lowest BCUT2D eigenvalue weighted by Crippen LogP contribution is -2.06. The fourth-order valence-electron chi connectivity index (χ4n) is 2.44. The molecule has 2 aromatic rings. The minimum Gasteiger partial charge on any atom is -0.493 e. The number of benzene rings is 2. The van der Waals surface area contributed by atoms with E-state index in [-0.39, 0.29) is 17.7 Å². The van der Waals surface area contributed by atoms with E-state index >= 15 is 0 Å². The van der Waals surface area contributed by atoms with E-state index in [1.165, 1.54) is 0 Å². The van der Waals surface area contributed by atoms with Crippen LogP contribution in [0.3, 0.4) is 0 Å². The lowest BCUT2D eigenvalue weighted by Gasteiger charge is -2.13. The molecule has 0 amide bonds. The lowest BCUT2D eigenvalue weighted by molar-refractivity contribution is -0.129. The summed E-state index contributed by atoms with van der Waals surface area (Å²) >= 11 is 3.40. The first-order chi connectivity index (χ1) is 12.5. The third kappa shape index (κ3) is 4.14. The summed E-state index contributed by atoms with van der Waals surface area (Å²) in [5, 5.41) is 0. The maximum Gasteiger partial charge on any atom is 0.363 e. The van der Waals surface area contributed by atoms with Gasteiger partial charge in [-0.2, -0.15) is 0 Å². The van der Waals surface area contributed by atoms with Gasteiger partial charge in [-0.25, -0.2) is 9.79 Å². The number of carbonyl (C=O) groups excluding carboxylic acids is 1. The zero-order valence-corrected chi connectivity index (χ0v) is 16.2. The number of carbonyl (C=O) groups is 1. The van der Waals surface area contributed by atoms with Gasteiger partial charge in [-0.05, 0) is 55.8 Å². The number of esters is 1. The van der Waals surface area contributed by atoms with E-state index in [9.17, 15) is 4.79 Å². The Bertz CT molecular complexity index is 902. The number of methoxy groups -OCH3 is 1. The number of hydrogen-bond acceptors (Lipinski definition) is 5. The van der Waals surface area contributed by atoms with Gasteiger partial charge in [0.1, 0.15) is 0 Å². The molecule has 0 N–H and O–H groups in total. The van der Waals surface area contributed by atoms with Crippen LogP contribution in [0.2, 0.25) is 0 Å². The number of halogens is 1. The first kappa shape index (κ1) is 18.2. The van der Waals surface area contributed by atoms with Crippen LogP contribution in [0.1, 0.15) is 25.0 Å². The number of cyclic esters (lactones) is 1. The molecule has 2 aromatic carbocycles. The molecule has 1 aliphatic heterocycles. The van der Waals surface area contributed by atoms with Gasteiger partial charge in [-0.1, -0.05) is 28.1 Å². The molecule has 0 aromatic heterocycles. The second-order valence-electron chi connectivity index (χ2n) is 5.92. The molecule has 0 atom stereocenters. The maximum atomic E-state index is 12.1. The van der Waals surface area contributed by atoms with E-state index in [0.29, 0.717) is 11.5 Å². The standard InChI is InChI=1S/C20H18BrNO4/c1-12(2)25-17-8-7-13(10-18(17)24-3)9-16-20(23)26-19(22-16)14-5-4-6-15(21)11-14/h4-12H,1-3H3/b16-9-. The molecule has 0 fully saturated rings. The Hall–Kier alpha value is -2.60. The summed E-state index contributed by atoms with van der Waals surface area (Å²) in [5.41, 5.74) is 1.73.